The van der Waals surface area contributed by atoms with Gasteiger partial charge in [-0.3, -0.25) is 14.4 Å². The zero-order valence-electron chi connectivity index (χ0n) is 17.7. The van der Waals surface area contributed by atoms with Crippen LogP contribution in [0.1, 0.15) is 33.2 Å². The number of benzene rings is 3. The Labute approximate surface area is 190 Å². The van der Waals surface area contributed by atoms with Crippen molar-refractivity contribution in [1.29, 1.82) is 0 Å². The Hall–Kier alpha value is -3.58. The summed E-state index contributed by atoms with van der Waals surface area (Å²) in [5.41, 5.74) is 1.26. The van der Waals surface area contributed by atoms with E-state index >= 15 is 0 Å². The quantitative estimate of drug-likeness (QED) is 0.572. The summed E-state index contributed by atoms with van der Waals surface area (Å²) in [6.45, 7) is 1.80. The van der Waals surface area contributed by atoms with Gasteiger partial charge in [0.05, 0.1) is 18.4 Å². The highest BCUT2D eigenvalue weighted by Gasteiger charge is 2.37. The molecule has 1 atom stereocenters. The molecule has 7 heteroatoms. The Bertz CT molecular complexity index is 1200. The second kappa shape index (κ2) is 8.88. The smallest absolute Gasteiger partial charge is 0.317 e. The number of methoxy groups -OCH3 is 1. The minimum atomic E-state index is -1.04. The molecule has 0 aliphatic carbocycles. The van der Waals surface area contributed by atoms with Gasteiger partial charge in [0.25, 0.3) is 11.8 Å². The molecule has 6 nitrogen and oxygen atoms in total. The van der Waals surface area contributed by atoms with Gasteiger partial charge in [0, 0.05) is 21.9 Å². The van der Waals surface area contributed by atoms with E-state index in [1.165, 1.54) is 18.9 Å². The maximum absolute atomic E-state index is 12.9. The third-order valence-electron chi connectivity index (χ3n) is 5.49. The lowest BCUT2D eigenvalue weighted by molar-refractivity contribution is -0.146. The number of rotatable bonds is 5. The summed E-state index contributed by atoms with van der Waals surface area (Å²) in [4.78, 5) is 39.8. The largest absolute Gasteiger partial charge is 0.468 e. The van der Waals surface area contributed by atoms with Gasteiger partial charge < -0.3 is 15.4 Å². The van der Waals surface area contributed by atoms with Gasteiger partial charge in [-0.15, -0.1) is 0 Å². The lowest BCUT2D eigenvalue weighted by atomic mass is 9.82. The fourth-order valence-electron chi connectivity index (χ4n) is 3.59. The first-order valence-electron chi connectivity index (χ1n) is 10.1. The van der Waals surface area contributed by atoms with Crippen LogP contribution in [0.25, 0.3) is 0 Å². The number of anilines is 1. The zero-order valence-corrected chi connectivity index (χ0v) is 18.5. The van der Waals surface area contributed by atoms with Gasteiger partial charge in [-0.25, -0.2) is 0 Å². The molecule has 2 N–H and O–H groups in total. The number of carbonyl (C=O) groups is 3. The number of carbonyl (C=O) groups excluding carboxylic acids is 3. The minimum Gasteiger partial charge on any atom is -0.468 e. The van der Waals surface area contributed by atoms with Gasteiger partial charge in [0.1, 0.15) is 5.41 Å². The molecule has 162 valence electrons. The maximum Gasteiger partial charge on any atom is 0.317 e. The molecule has 3 aromatic carbocycles. The van der Waals surface area contributed by atoms with E-state index in [1.807, 2.05) is 54.6 Å². The second-order valence-electron chi connectivity index (χ2n) is 7.64. The molecule has 0 aromatic heterocycles. The summed E-state index contributed by atoms with van der Waals surface area (Å²) in [5, 5.41) is 5.73. The Morgan fingerprint density at radius 2 is 1.72 bits per heavy atom. The van der Waals surface area contributed by atoms with Crippen LogP contribution in [0.4, 0.5) is 5.69 Å². The van der Waals surface area contributed by atoms with Crippen LogP contribution in [0.15, 0.2) is 82.6 Å². The summed E-state index contributed by atoms with van der Waals surface area (Å²) in [6, 6.07) is 21.7. The van der Waals surface area contributed by atoms with Crippen molar-refractivity contribution in [3.05, 3.63) is 89.5 Å². The third-order valence-corrected chi connectivity index (χ3v) is 6.64. The Kier molecular flexibility index (Phi) is 6.01. The van der Waals surface area contributed by atoms with Gasteiger partial charge in [-0.2, -0.15) is 0 Å². The average Bonchev–Trinajstić information content (AvgIpc) is 2.97. The van der Waals surface area contributed by atoms with Crippen LogP contribution in [-0.2, 0) is 14.9 Å². The highest BCUT2D eigenvalue weighted by Crippen LogP contribution is 2.39. The summed E-state index contributed by atoms with van der Waals surface area (Å²) < 4.78 is 5.00. The molecule has 3 aromatic rings. The predicted octanol–water partition coefficient (Wildman–Crippen LogP) is 4.26. The highest BCUT2D eigenvalue weighted by atomic mass is 32.2. The molecule has 0 saturated carbocycles. The van der Waals surface area contributed by atoms with E-state index in [1.54, 1.807) is 25.1 Å². The van der Waals surface area contributed by atoms with Gasteiger partial charge in [-0.1, -0.05) is 54.2 Å². The Morgan fingerprint density at radius 3 is 2.47 bits per heavy atom. The van der Waals surface area contributed by atoms with E-state index < -0.39 is 11.4 Å². The first-order valence-corrected chi connectivity index (χ1v) is 10.9. The van der Waals surface area contributed by atoms with Crippen molar-refractivity contribution < 1.29 is 19.1 Å². The van der Waals surface area contributed by atoms with E-state index in [0.717, 1.165) is 15.4 Å². The van der Waals surface area contributed by atoms with Crippen molar-refractivity contribution in [3.63, 3.8) is 0 Å². The fourth-order valence-corrected chi connectivity index (χ4v) is 4.60. The summed E-state index contributed by atoms with van der Waals surface area (Å²) >= 11 is 1.47. The standard InChI is InChI=1S/C25H22N2O4S/c1-25(24(30)31-2,17-8-4-3-5-9-17)15-26-22(28)16-12-13-21-19(14-16)27-23(29)18-10-6-7-11-20(18)32-21/h3-14H,15H2,1-2H3,(H,26,28)(H,27,29)/t25-/m1/s1. The number of hydrogen-bond donors (Lipinski definition) is 2. The summed E-state index contributed by atoms with van der Waals surface area (Å²) in [5.74, 6) is -1.00. The fraction of sp³-hybridized carbons (Fsp3) is 0.160. The van der Waals surface area contributed by atoms with Crippen molar-refractivity contribution in [3.8, 4) is 0 Å². The van der Waals surface area contributed by atoms with Crippen molar-refractivity contribution in [2.45, 2.75) is 22.1 Å². The Morgan fingerprint density at radius 1 is 1.00 bits per heavy atom. The second-order valence-corrected chi connectivity index (χ2v) is 8.72. The van der Waals surface area contributed by atoms with Crippen LogP contribution in [0.2, 0.25) is 0 Å². The zero-order chi connectivity index (χ0) is 22.7. The lowest BCUT2D eigenvalue weighted by Crippen LogP contribution is -2.45. The van der Waals surface area contributed by atoms with Crippen molar-refractivity contribution >= 4 is 35.2 Å². The van der Waals surface area contributed by atoms with Crippen LogP contribution in [0.5, 0.6) is 0 Å². The molecular formula is C25H22N2O4S. The normalized spacial score (nSPS) is 14.1. The molecular weight excluding hydrogens is 424 g/mol. The number of ether oxygens (including phenoxy) is 1. The van der Waals surface area contributed by atoms with Gasteiger partial charge in [-0.05, 0) is 42.8 Å². The molecule has 4 rings (SSSR count). The minimum absolute atomic E-state index is 0.0617. The average molecular weight is 447 g/mol. The molecule has 2 amide bonds. The summed E-state index contributed by atoms with van der Waals surface area (Å²) in [7, 11) is 1.33. The summed E-state index contributed by atoms with van der Waals surface area (Å²) in [6.07, 6.45) is 0. The van der Waals surface area contributed by atoms with Crippen LogP contribution in [-0.4, -0.2) is 31.4 Å². The number of hydrogen-bond acceptors (Lipinski definition) is 5. The van der Waals surface area contributed by atoms with Crippen LogP contribution in [0.3, 0.4) is 0 Å². The van der Waals surface area contributed by atoms with Crippen molar-refractivity contribution in [2.75, 3.05) is 19.0 Å². The number of esters is 1. The van der Waals surface area contributed by atoms with E-state index in [9.17, 15) is 14.4 Å². The van der Waals surface area contributed by atoms with Gasteiger partial charge in [0.15, 0.2) is 0 Å². The van der Waals surface area contributed by atoms with Crippen LogP contribution < -0.4 is 10.6 Å². The molecule has 1 heterocycles. The van der Waals surface area contributed by atoms with Crippen LogP contribution in [0, 0.1) is 0 Å². The van der Waals surface area contributed by atoms with E-state index in [0.29, 0.717) is 16.8 Å². The van der Waals surface area contributed by atoms with E-state index in [4.69, 9.17) is 4.74 Å². The molecule has 1 aliphatic rings. The first-order chi connectivity index (χ1) is 15.4. The molecule has 0 unspecified atom stereocenters. The maximum atomic E-state index is 12.9. The molecule has 0 radical (unpaired) electrons. The van der Waals surface area contributed by atoms with E-state index in [-0.39, 0.29) is 18.4 Å². The van der Waals surface area contributed by atoms with Crippen molar-refractivity contribution in [2.24, 2.45) is 0 Å². The predicted molar refractivity (Wildman–Crippen MR) is 123 cm³/mol. The number of fused-ring (bicyclic) bond motifs is 2. The van der Waals surface area contributed by atoms with Crippen molar-refractivity contribution in [1.82, 2.24) is 5.32 Å². The van der Waals surface area contributed by atoms with Crippen LogP contribution >= 0.6 is 11.8 Å². The van der Waals surface area contributed by atoms with Gasteiger partial charge >= 0.3 is 5.97 Å². The molecule has 32 heavy (non-hydrogen) atoms. The molecule has 0 spiro atoms. The number of amides is 2. The SMILES string of the molecule is COC(=O)[C@](C)(CNC(=O)c1ccc2c(c1)NC(=O)c1ccccc1S2)c1ccccc1. The number of nitrogens with one attached hydrogen (secondary N) is 2. The third kappa shape index (κ3) is 4.11. The molecule has 0 bridgehead atoms. The highest BCUT2D eigenvalue weighted by molar-refractivity contribution is 7.99. The monoisotopic (exact) mass is 446 g/mol. The van der Waals surface area contributed by atoms with E-state index in [2.05, 4.69) is 10.6 Å². The van der Waals surface area contributed by atoms with Gasteiger partial charge in [0.2, 0.25) is 0 Å². The topological polar surface area (TPSA) is 84.5 Å². The molecule has 0 saturated heterocycles. The Balaban J connectivity index is 1.55. The lowest BCUT2D eigenvalue weighted by Gasteiger charge is -2.27. The molecule has 1 aliphatic heterocycles. The molecule has 0 fully saturated rings. The first kappa shape index (κ1) is 21.6.